The minimum absolute atomic E-state index is 0.107. The molecular weight excluding hydrogens is 381 g/mol. The highest BCUT2D eigenvalue weighted by Gasteiger charge is 2.43. The lowest BCUT2D eigenvalue weighted by molar-refractivity contribution is -0.137. The van der Waals surface area contributed by atoms with Crippen molar-refractivity contribution in [2.24, 2.45) is 0 Å². The number of rotatable bonds is 4. The van der Waals surface area contributed by atoms with Crippen molar-refractivity contribution in [2.75, 3.05) is 20.8 Å². The van der Waals surface area contributed by atoms with Crippen LogP contribution in [0.4, 0.5) is 0 Å². The molecule has 6 nitrogen and oxygen atoms in total. The van der Waals surface area contributed by atoms with E-state index in [2.05, 4.69) is 0 Å². The first kappa shape index (κ1) is 20.1. The topological polar surface area (TPSA) is 76.1 Å². The van der Waals surface area contributed by atoms with Gasteiger partial charge in [0.05, 0.1) is 35.3 Å². The summed E-state index contributed by atoms with van der Waals surface area (Å²) < 4.78 is 10.1. The molecule has 0 saturated heterocycles. The van der Waals surface area contributed by atoms with E-state index < -0.39 is 23.7 Å². The summed E-state index contributed by atoms with van der Waals surface area (Å²) in [5, 5.41) is 10.8. The lowest BCUT2D eigenvalue weighted by atomic mass is 9.80. The molecule has 1 atom stereocenters. The van der Waals surface area contributed by atoms with Gasteiger partial charge in [-0.2, -0.15) is 0 Å². The van der Waals surface area contributed by atoms with Crippen molar-refractivity contribution in [2.45, 2.75) is 19.8 Å². The molecule has 1 amide bonds. The Balaban J connectivity index is 2.88. The van der Waals surface area contributed by atoms with Crippen LogP contribution in [0.25, 0.3) is 0 Å². The molecule has 0 saturated carbocycles. The fourth-order valence-electron chi connectivity index (χ4n) is 2.85. The van der Waals surface area contributed by atoms with E-state index in [9.17, 15) is 14.7 Å². The molecule has 2 rings (SSSR count). The van der Waals surface area contributed by atoms with Crippen LogP contribution < -0.4 is 0 Å². The first-order chi connectivity index (χ1) is 12.3. The predicted molar refractivity (Wildman–Crippen MR) is 98.0 cm³/mol. The Kier molecular flexibility index (Phi) is 6.21. The van der Waals surface area contributed by atoms with Gasteiger partial charge in [-0.05, 0) is 25.5 Å². The van der Waals surface area contributed by atoms with E-state index in [0.717, 1.165) is 0 Å². The molecular formula is C18H19Cl2NO5. The van der Waals surface area contributed by atoms with E-state index in [4.69, 9.17) is 32.7 Å². The maximum atomic E-state index is 12.9. The number of carbonyl (C=O) groups excluding carboxylic acids is 2. The number of likely N-dealkylation sites (N-methyl/N-ethyl adjacent to an activating group) is 1. The molecule has 8 heteroatoms. The van der Waals surface area contributed by atoms with Crippen LogP contribution in [0.15, 0.2) is 41.0 Å². The van der Waals surface area contributed by atoms with E-state index in [1.807, 2.05) is 0 Å². The number of aliphatic hydroxyl groups excluding tert-OH is 1. The molecule has 0 aromatic heterocycles. The third-order valence-electron chi connectivity index (χ3n) is 4.21. The van der Waals surface area contributed by atoms with E-state index in [1.54, 1.807) is 32.0 Å². The van der Waals surface area contributed by atoms with Gasteiger partial charge in [0.25, 0.3) is 11.9 Å². The highest BCUT2D eigenvalue weighted by molar-refractivity contribution is 6.42. The number of aliphatic hydroxyl groups is 1. The summed E-state index contributed by atoms with van der Waals surface area (Å²) >= 11 is 12.5. The van der Waals surface area contributed by atoms with Gasteiger partial charge in [0, 0.05) is 12.7 Å². The summed E-state index contributed by atoms with van der Waals surface area (Å²) in [4.78, 5) is 26.6. The Morgan fingerprint density at radius 2 is 2.00 bits per heavy atom. The lowest BCUT2D eigenvalue weighted by Gasteiger charge is -2.34. The minimum atomic E-state index is -0.983. The van der Waals surface area contributed by atoms with Crippen molar-refractivity contribution in [3.63, 3.8) is 0 Å². The van der Waals surface area contributed by atoms with E-state index in [1.165, 1.54) is 19.1 Å². The number of allylic oxidation sites excluding steroid dienone is 1. The van der Waals surface area contributed by atoms with Gasteiger partial charge in [-0.3, -0.25) is 4.79 Å². The number of hydrogen-bond acceptors (Lipinski definition) is 5. The van der Waals surface area contributed by atoms with Gasteiger partial charge in [-0.1, -0.05) is 35.3 Å². The average molecular weight is 400 g/mol. The fraction of sp³-hybridized carbons (Fsp3) is 0.333. The first-order valence-electron chi connectivity index (χ1n) is 7.83. The standard InChI is InChI=1S/C18H19Cl2NO5/c1-5-26-18(24)14-13(10-7-6-8-11(19)15(10)20)12(17(23)25-4)9(2)21(3)16(14)22/h6-8,13,24H,5H2,1-4H3. The minimum Gasteiger partial charge on any atom is -0.481 e. The highest BCUT2D eigenvalue weighted by atomic mass is 35.5. The smallest absolute Gasteiger partial charge is 0.336 e. The number of ether oxygens (including phenoxy) is 2. The second kappa shape index (κ2) is 8.01. The SMILES string of the molecule is CCOC(O)=C1C(=O)N(C)C(C)=C(C(=O)OC)C1c1cccc(Cl)c1Cl. The van der Waals surface area contributed by atoms with Gasteiger partial charge in [0.2, 0.25) is 0 Å². The van der Waals surface area contributed by atoms with Crippen LogP contribution in [0.3, 0.4) is 0 Å². The van der Waals surface area contributed by atoms with Crippen molar-refractivity contribution >= 4 is 35.1 Å². The third kappa shape index (κ3) is 3.39. The maximum Gasteiger partial charge on any atom is 0.336 e. The molecule has 1 aromatic carbocycles. The van der Waals surface area contributed by atoms with Crippen LogP contribution in [-0.2, 0) is 19.1 Å². The zero-order valence-corrected chi connectivity index (χ0v) is 16.3. The number of amides is 1. The van der Waals surface area contributed by atoms with Crippen LogP contribution in [0.1, 0.15) is 25.3 Å². The van der Waals surface area contributed by atoms with E-state index in [0.29, 0.717) is 11.3 Å². The Hall–Kier alpha value is -2.18. The highest BCUT2D eigenvalue weighted by Crippen LogP contribution is 2.44. The zero-order valence-electron chi connectivity index (χ0n) is 14.8. The van der Waals surface area contributed by atoms with Crippen LogP contribution >= 0.6 is 23.2 Å². The maximum absolute atomic E-state index is 12.9. The summed E-state index contributed by atoms with van der Waals surface area (Å²) in [5.74, 6) is -2.71. The molecule has 0 spiro atoms. The predicted octanol–water partition coefficient (Wildman–Crippen LogP) is 3.80. The third-order valence-corrected chi connectivity index (χ3v) is 5.05. The second-order valence-electron chi connectivity index (χ2n) is 5.58. The number of nitrogens with zero attached hydrogens (tertiary/aromatic N) is 1. The number of benzene rings is 1. The van der Waals surface area contributed by atoms with Gasteiger partial charge in [-0.15, -0.1) is 0 Å². The molecule has 1 unspecified atom stereocenters. The Morgan fingerprint density at radius 3 is 2.58 bits per heavy atom. The monoisotopic (exact) mass is 399 g/mol. The molecule has 1 heterocycles. The molecule has 1 aliphatic rings. The number of halogens is 2. The molecule has 0 radical (unpaired) electrons. The van der Waals surface area contributed by atoms with Gasteiger partial charge >= 0.3 is 5.97 Å². The number of hydrogen-bond donors (Lipinski definition) is 1. The number of esters is 1. The van der Waals surface area contributed by atoms with Gasteiger partial charge in [0.15, 0.2) is 0 Å². The molecule has 0 aliphatic carbocycles. The Labute approximate surface area is 161 Å². The average Bonchev–Trinajstić information content (AvgIpc) is 2.61. The fourth-order valence-corrected chi connectivity index (χ4v) is 3.27. The van der Waals surface area contributed by atoms with E-state index in [-0.39, 0.29) is 27.8 Å². The molecule has 1 aliphatic heterocycles. The van der Waals surface area contributed by atoms with Crippen LogP contribution in [0.2, 0.25) is 10.0 Å². The first-order valence-corrected chi connectivity index (χ1v) is 8.58. The molecule has 0 bridgehead atoms. The summed E-state index contributed by atoms with van der Waals surface area (Å²) in [6.45, 7) is 3.42. The molecule has 1 aromatic rings. The van der Waals surface area contributed by atoms with Gasteiger partial charge < -0.3 is 19.5 Å². The van der Waals surface area contributed by atoms with Gasteiger partial charge in [-0.25, -0.2) is 4.79 Å². The summed E-state index contributed by atoms with van der Waals surface area (Å²) in [6, 6.07) is 4.86. The van der Waals surface area contributed by atoms with Crippen molar-refractivity contribution in [3.8, 4) is 0 Å². The largest absolute Gasteiger partial charge is 0.481 e. The Morgan fingerprint density at radius 1 is 1.35 bits per heavy atom. The quantitative estimate of drug-likeness (QED) is 0.473. The molecule has 140 valence electrons. The van der Waals surface area contributed by atoms with E-state index >= 15 is 0 Å². The number of carbonyl (C=O) groups is 2. The van der Waals surface area contributed by atoms with Crippen molar-refractivity contribution in [3.05, 3.63) is 56.6 Å². The molecule has 1 N–H and O–H groups in total. The van der Waals surface area contributed by atoms with Crippen LogP contribution in [0.5, 0.6) is 0 Å². The number of methoxy groups -OCH3 is 1. The van der Waals surface area contributed by atoms with Crippen LogP contribution in [-0.4, -0.2) is 42.6 Å². The summed E-state index contributed by atoms with van der Waals surface area (Å²) in [7, 11) is 2.73. The molecule has 26 heavy (non-hydrogen) atoms. The van der Waals surface area contributed by atoms with Crippen LogP contribution in [0, 0.1) is 0 Å². The van der Waals surface area contributed by atoms with Crippen molar-refractivity contribution < 1.29 is 24.2 Å². The summed E-state index contributed by atoms with van der Waals surface area (Å²) in [6.07, 6.45) is 0. The van der Waals surface area contributed by atoms with Crippen molar-refractivity contribution in [1.82, 2.24) is 4.90 Å². The lowest BCUT2D eigenvalue weighted by Crippen LogP contribution is -2.39. The van der Waals surface area contributed by atoms with Gasteiger partial charge in [0.1, 0.15) is 5.57 Å². The zero-order chi connectivity index (χ0) is 19.6. The Bertz CT molecular complexity index is 816. The second-order valence-corrected chi connectivity index (χ2v) is 6.37. The normalized spacial score (nSPS) is 19.5. The van der Waals surface area contributed by atoms with Crippen molar-refractivity contribution in [1.29, 1.82) is 0 Å². The summed E-state index contributed by atoms with van der Waals surface area (Å²) in [5.41, 5.74) is 0.835. The molecule has 0 fully saturated rings.